The maximum Gasteiger partial charge on any atom is 0.331 e. The summed E-state index contributed by atoms with van der Waals surface area (Å²) in [4.78, 5) is 38.7. The zero-order chi connectivity index (χ0) is 29.7. The van der Waals surface area contributed by atoms with Crippen molar-refractivity contribution in [3.05, 3.63) is 59.8 Å². The topological polar surface area (TPSA) is 130 Å². The molecule has 218 valence electrons. The number of ether oxygens (including phenoxy) is 2. The van der Waals surface area contributed by atoms with E-state index < -0.39 is 76.3 Å². The average Bonchev–Trinajstić information content (AvgIpc) is 3.31. The highest BCUT2D eigenvalue weighted by atomic mass is 16.6. The van der Waals surface area contributed by atoms with Crippen LogP contribution in [0.4, 0.5) is 0 Å². The number of fused-ring (bicyclic) bond motifs is 5. The standard InChI is InChI=1S/C32H42O8/c1-7-8-9-10-11-12-13-14-25(35)39-28-20(3)31(38)23(26-29(5,6)32(26,28)40-21(4)34)16-22(18-33)17-30(37)24(31)15-19(2)27(30)36/h9-16,20,23-24,26,28,33,37-38H,7-8,17-18H2,1-6H3/b10-9-,12-11+,14-13+/t20-,23+,24-,26-,28-,30-,31-,32-/m1/s1. The highest BCUT2D eigenvalue weighted by molar-refractivity contribution is 6.04. The fourth-order valence-electron chi connectivity index (χ4n) is 7.83. The second-order valence-electron chi connectivity index (χ2n) is 12.3. The first kappa shape index (κ1) is 30.2. The molecule has 40 heavy (non-hydrogen) atoms. The van der Waals surface area contributed by atoms with E-state index in [1.165, 1.54) is 13.0 Å². The van der Waals surface area contributed by atoms with Crippen LogP contribution >= 0.6 is 0 Å². The van der Waals surface area contributed by atoms with Crippen LogP contribution in [0.25, 0.3) is 0 Å². The molecule has 0 aliphatic heterocycles. The van der Waals surface area contributed by atoms with Crippen LogP contribution in [-0.4, -0.2) is 62.6 Å². The van der Waals surface area contributed by atoms with Crippen LogP contribution < -0.4 is 0 Å². The molecule has 0 saturated heterocycles. The molecular weight excluding hydrogens is 512 g/mol. The fourth-order valence-corrected chi connectivity index (χ4v) is 7.83. The first-order valence-corrected chi connectivity index (χ1v) is 14.1. The van der Waals surface area contributed by atoms with E-state index in [9.17, 15) is 29.7 Å². The number of carbonyl (C=O) groups is 3. The molecule has 0 bridgehead atoms. The molecule has 8 atom stereocenters. The molecule has 4 aliphatic carbocycles. The van der Waals surface area contributed by atoms with Gasteiger partial charge in [-0.25, -0.2) is 4.79 Å². The van der Waals surface area contributed by atoms with Crippen molar-refractivity contribution in [1.82, 2.24) is 0 Å². The predicted molar refractivity (Wildman–Crippen MR) is 149 cm³/mol. The number of ketones is 1. The molecule has 0 unspecified atom stereocenters. The third-order valence-electron chi connectivity index (χ3n) is 9.67. The Hall–Kier alpha value is -2.81. The number of aliphatic hydroxyl groups is 3. The van der Waals surface area contributed by atoms with Crippen molar-refractivity contribution in [1.29, 1.82) is 0 Å². The predicted octanol–water partition coefficient (Wildman–Crippen LogP) is 3.52. The lowest BCUT2D eigenvalue weighted by molar-refractivity contribution is -0.226. The maximum absolute atomic E-state index is 13.2. The van der Waals surface area contributed by atoms with Gasteiger partial charge in [0.1, 0.15) is 11.7 Å². The molecule has 0 amide bonds. The van der Waals surface area contributed by atoms with Gasteiger partial charge in [-0.1, -0.05) is 76.6 Å². The summed E-state index contributed by atoms with van der Waals surface area (Å²) in [5.74, 6) is -4.80. The number of aliphatic hydroxyl groups excluding tert-OH is 1. The third-order valence-corrected chi connectivity index (χ3v) is 9.67. The second kappa shape index (κ2) is 10.5. The number of esters is 2. The molecule has 3 N–H and O–H groups in total. The van der Waals surface area contributed by atoms with Gasteiger partial charge in [-0.3, -0.25) is 9.59 Å². The minimum atomic E-state index is -1.96. The van der Waals surface area contributed by atoms with Crippen molar-refractivity contribution in [2.24, 2.45) is 29.1 Å². The van der Waals surface area contributed by atoms with Gasteiger partial charge in [0.05, 0.1) is 12.2 Å². The van der Waals surface area contributed by atoms with Crippen molar-refractivity contribution in [2.45, 2.75) is 83.7 Å². The largest absolute Gasteiger partial charge is 0.455 e. The van der Waals surface area contributed by atoms with E-state index in [0.717, 1.165) is 12.8 Å². The van der Waals surface area contributed by atoms with E-state index in [-0.39, 0.29) is 6.42 Å². The summed E-state index contributed by atoms with van der Waals surface area (Å²) >= 11 is 0. The summed E-state index contributed by atoms with van der Waals surface area (Å²) in [6.45, 7) is 10.1. The van der Waals surface area contributed by atoms with Gasteiger partial charge in [-0.05, 0) is 24.5 Å². The average molecular weight is 555 g/mol. The van der Waals surface area contributed by atoms with E-state index in [2.05, 4.69) is 6.92 Å². The van der Waals surface area contributed by atoms with E-state index in [4.69, 9.17) is 9.47 Å². The van der Waals surface area contributed by atoms with Crippen LogP contribution in [0.3, 0.4) is 0 Å². The van der Waals surface area contributed by atoms with Gasteiger partial charge in [0.2, 0.25) is 0 Å². The zero-order valence-electron chi connectivity index (χ0n) is 24.2. The van der Waals surface area contributed by atoms with Crippen LogP contribution in [-0.2, 0) is 23.9 Å². The summed E-state index contributed by atoms with van der Waals surface area (Å²) in [6, 6.07) is 0. The zero-order valence-corrected chi connectivity index (χ0v) is 24.2. The first-order valence-electron chi connectivity index (χ1n) is 14.1. The number of Topliss-reactive ketones (excluding diaryl/α,β-unsaturated/α-hetero) is 1. The molecule has 0 radical (unpaired) electrons. The molecule has 4 rings (SSSR count). The van der Waals surface area contributed by atoms with Crippen LogP contribution in [0.2, 0.25) is 0 Å². The number of hydrogen-bond donors (Lipinski definition) is 3. The first-order chi connectivity index (χ1) is 18.7. The Morgan fingerprint density at radius 1 is 1.12 bits per heavy atom. The number of rotatable bonds is 8. The quantitative estimate of drug-likeness (QED) is 0.180. The molecule has 8 heteroatoms. The summed E-state index contributed by atoms with van der Waals surface area (Å²) in [7, 11) is 0. The SMILES string of the molecule is CCC\C=C/C=C/C=C/C(=O)O[C@@H]1[C@@H](C)[C@@]2(O)[C@@H](C=C(CO)C[C@]3(O)C(=O)C(C)=C[C@@H]23)[C@@H]2C(C)(C)[C@]12OC(C)=O. The summed E-state index contributed by atoms with van der Waals surface area (Å²) < 4.78 is 12.0. The Balaban J connectivity index is 1.78. The monoisotopic (exact) mass is 554 g/mol. The van der Waals surface area contributed by atoms with Crippen molar-refractivity contribution >= 4 is 17.7 Å². The van der Waals surface area contributed by atoms with Crippen molar-refractivity contribution in [2.75, 3.05) is 6.61 Å². The van der Waals surface area contributed by atoms with Crippen LogP contribution in [0.1, 0.15) is 60.8 Å². The minimum Gasteiger partial charge on any atom is -0.455 e. The highest BCUT2D eigenvalue weighted by Gasteiger charge is 2.87. The van der Waals surface area contributed by atoms with Crippen molar-refractivity contribution in [3.63, 3.8) is 0 Å². The summed E-state index contributed by atoms with van der Waals surface area (Å²) in [6.07, 6.45) is 14.4. The Kier molecular flexibility index (Phi) is 7.95. The highest BCUT2D eigenvalue weighted by Crippen LogP contribution is 2.77. The van der Waals surface area contributed by atoms with Crippen LogP contribution in [0.15, 0.2) is 59.8 Å². The lowest BCUT2D eigenvalue weighted by atomic mass is 9.59. The van der Waals surface area contributed by atoms with Crippen molar-refractivity contribution in [3.8, 4) is 0 Å². The van der Waals surface area contributed by atoms with Crippen LogP contribution in [0.5, 0.6) is 0 Å². The summed E-state index contributed by atoms with van der Waals surface area (Å²) in [5.41, 5.74) is -4.94. The van der Waals surface area contributed by atoms with E-state index in [1.54, 1.807) is 44.2 Å². The van der Waals surface area contributed by atoms with Gasteiger partial charge in [0.15, 0.2) is 11.4 Å². The molecule has 2 fully saturated rings. The molecule has 4 aliphatic rings. The number of carbonyl (C=O) groups excluding carboxylic acids is 3. The van der Waals surface area contributed by atoms with E-state index in [1.807, 2.05) is 26.0 Å². The molecule has 0 spiro atoms. The Morgan fingerprint density at radius 3 is 2.42 bits per heavy atom. The molecule has 0 aromatic rings. The minimum absolute atomic E-state index is 0.133. The van der Waals surface area contributed by atoms with E-state index in [0.29, 0.717) is 11.1 Å². The smallest absolute Gasteiger partial charge is 0.331 e. The lowest BCUT2D eigenvalue weighted by Gasteiger charge is -2.53. The molecule has 2 saturated carbocycles. The molecule has 0 aromatic heterocycles. The Labute approximate surface area is 236 Å². The molecule has 8 nitrogen and oxygen atoms in total. The molecular formula is C32H42O8. The van der Waals surface area contributed by atoms with E-state index >= 15 is 0 Å². The Morgan fingerprint density at radius 2 is 1.80 bits per heavy atom. The Bertz CT molecular complexity index is 1220. The number of hydrogen-bond acceptors (Lipinski definition) is 8. The van der Waals surface area contributed by atoms with Gasteiger partial charge in [0, 0.05) is 48.5 Å². The number of unbranched alkanes of at least 4 members (excludes halogenated alkanes) is 1. The maximum atomic E-state index is 13.2. The third kappa shape index (κ3) is 4.35. The van der Waals surface area contributed by atoms with Gasteiger partial charge < -0.3 is 24.8 Å². The van der Waals surface area contributed by atoms with Gasteiger partial charge in [-0.2, -0.15) is 0 Å². The van der Waals surface area contributed by atoms with Gasteiger partial charge in [-0.15, -0.1) is 0 Å². The normalized spacial score (nSPS) is 39.8. The van der Waals surface area contributed by atoms with Crippen LogP contribution in [0, 0.1) is 29.1 Å². The second-order valence-corrected chi connectivity index (χ2v) is 12.3. The number of allylic oxidation sites excluding steroid dienone is 5. The fraction of sp³-hybridized carbons (Fsp3) is 0.594. The molecule has 0 aromatic carbocycles. The lowest BCUT2D eigenvalue weighted by Crippen LogP contribution is -2.66. The van der Waals surface area contributed by atoms with Gasteiger partial charge >= 0.3 is 11.9 Å². The summed E-state index contributed by atoms with van der Waals surface area (Å²) in [5, 5.41) is 34.6. The van der Waals surface area contributed by atoms with Crippen molar-refractivity contribution < 1.29 is 39.2 Å². The van der Waals surface area contributed by atoms with Gasteiger partial charge in [0.25, 0.3) is 0 Å². The molecule has 0 heterocycles.